The molecule has 2 atom stereocenters. The van der Waals surface area contributed by atoms with Gasteiger partial charge in [-0.15, -0.1) is 11.3 Å². The van der Waals surface area contributed by atoms with Gasteiger partial charge in [0.05, 0.1) is 11.7 Å². The van der Waals surface area contributed by atoms with Crippen molar-refractivity contribution < 1.29 is 18.3 Å². The van der Waals surface area contributed by atoms with Crippen molar-refractivity contribution in [3.63, 3.8) is 0 Å². The maximum Gasteiger partial charge on any atom is 0.408 e. The SMILES string of the molecule is CC(C)(C)OC(=O)N[C@@H](Cc1ccc(NS(=O)[O-])cc1)c1nc(-c2cccc(N)c2)cs1. The van der Waals surface area contributed by atoms with Gasteiger partial charge >= 0.3 is 6.09 Å². The van der Waals surface area contributed by atoms with Crippen LogP contribution in [-0.2, 0) is 22.4 Å². The first-order chi connectivity index (χ1) is 15.1. The predicted octanol–water partition coefficient (Wildman–Crippen LogP) is 4.41. The summed E-state index contributed by atoms with van der Waals surface area (Å²) in [4.78, 5) is 17.2. The van der Waals surface area contributed by atoms with Crippen LogP contribution in [0.1, 0.15) is 37.4 Å². The lowest BCUT2D eigenvalue weighted by atomic mass is 10.1. The number of nitrogens with zero attached hydrogens (tertiary/aromatic N) is 1. The number of carbonyl (C=O) groups excluding carboxylic acids is 1. The minimum Gasteiger partial charge on any atom is -0.755 e. The first-order valence-electron chi connectivity index (χ1n) is 9.85. The molecule has 10 heteroatoms. The number of anilines is 2. The quantitative estimate of drug-likeness (QED) is 0.344. The molecule has 0 aliphatic rings. The fraction of sp³-hybridized carbons (Fsp3) is 0.273. The van der Waals surface area contributed by atoms with Gasteiger partial charge in [0.25, 0.3) is 0 Å². The lowest BCUT2D eigenvalue weighted by Gasteiger charge is -2.23. The Morgan fingerprint density at radius 3 is 2.59 bits per heavy atom. The molecule has 0 fully saturated rings. The molecule has 0 aliphatic heterocycles. The third-order valence-electron chi connectivity index (χ3n) is 4.29. The van der Waals surface area contributed by atoms with Gasteiger partial charge in [0.2, 0.25) is 0 Å². The Morgan fingerprint density at radius 2 is 1.97 bits per heavy atom. The molecule has 1 amide bonds. The normalized spacial score (nSPS) is 13.2. The molecule has 0 saturated carbocycles. The monoisotopic (exact) mass is 473 g/mol. The highest BCUT2D eigenvalue weighted by molar-refractivity contribution is 7.80. The highest BCUT2D eigenvalue weighted by Gasteiger charge is 2.23. The lowest BCUT2D eigenvalue weighted by Crippen LogP contribution is -2.35. The summed E-state index contributed by atoms with van der Waals surface area (Å²) in [6.45, 7) is 5.40. The molecule has 0 spiro atoms. The fourth-order valence-corrected chi connectivity index (χ4v) is 4.18. The van der Waals surface area contributed by atoms with E-state index in [9.17, 15) is 13.6 Å². The van der Waals surface area contributed by atoms with Crippen LogP contribution < -0.4 is 15.8 Å². The maximum atomic E-state index is 12.5. The second kappa shape index (κ2) is 10.1. The number of nitrogen functional groups attached to an aromatic ring is 1. The largest absolute Gasteiger partial charge is 0.755 e. The third kappa shape index (κ3) is 7.04. The summed E-state index contributed by atoms with van der Waals surface area (Å²) in [7, 11) is 0. The van der Waals surface area contributed by atoms with Crippen LogP contribution >= 0.6 is 11.3 Å². The third-order valence-corrected chi connectivity index (χ3v) is 5.65. The summed E-state index contributed by atoms with van der Waals surface area (Å²) in [5.74, 6) is 0. The molecule has 0 bridgehead atoms. The van der Waals surface area contributed by atoms with E-state index in [4.69, 9.17) is 15.5 Å². The second-order valence-corrected chi connectivity index (χ2v) is 9.70. The fourth-order valence-electron chi connectivity index (χ4n) is 2.97. The van der Waals surface area contributed by atoms with Crippen LogP contribution in [0, 0.1) is 0 Å². The number of hydrogen-bond donors (Lipinski definition) is 3. The van der Waals surface area contributed by atoms with Gasteiger partial charge in [-0.3, -0.25) is 4.21 Å². The molecule has 32 heavy (non-hydrogen) atoms. The Hall–Kier alpha value is -2.95. The average molecular weight is 474 g/mol. The van der Waals surface area contributed by atoms with Crippen LogP contribution in [0.2, 0.25) is 0 Å². The zero-order chi connectivity index (χ0) is 23.3. The van der Waals surface area contributed by atoms with Crippen LogP contribution in [-0.4, -0.2) is 25.4 Å². The summed E-state index contributed by atoms with van der Waals surface area (Å²) < 4.78 is 29.3. The smallest absolute Gasteiger partial charge is 0.408 e. The van der Waals surface area contributed by atoms with E-state index in [-0.39, 0.29) is 0 Å². The molecule has 0 radical (unpaired) electrons. The van der Waals surface area contributed by atoms with E-state index < -0.39 is 29.0 Å². The summed E-state index contributed by atoms with van der Waals surface area (Å²) in [6, 6.07) is 13.9. The average Bonchev–Trinajstić information content (AvgIpc) is 3.17. The number of ether oxygens (including phenoxy) is 1. The molecular weight excluding hydrogens is 448 g/mol. The molecule has 170 valence electrons. The topological polar surface area (TPSA) is 129 Å². The van der Waals surface area contributed by atoms with Crippen molar-refractivity contribution in [2.75, 3.05) is 10.5 Å². The van der Waals surface area contributed by atoms with Crippen LogP contribution in [0.15, 0.2) is 53.9 Å². The Bertz CT molecular complexity index is 1090. The minimum atomic E-state index is -2.39. The number of thiazole rings is 1. The highest BCUT2D eigenvalue weighted by atomic mass is 32.2. The standard InChI is InChI=1S/C22H26N4O4S2/c1-22(2,3)30-21(27)25-18(11-14-7-9-17(10-8-14)26-32(28)29)20-24-19(13-31-20)15-5-4-6-16(23)12-15/h4-10,12-13,18,26H,11,23H2,1-3H3,(H,25,27)(H,28,29)/p-1/t18-/m0/s1. The van der Waals surface area contributed by atoms with Crippen LogP contribution in [0.25, 0.3) is 11.3 Å². The van der Waals surface area contributed by atoms with Crippen molar-refractivity contribution in [3.8, 4) is 11.3 Å². The number of nitrogens with one attached hydrogen (secondary N) is 2. The van der Waals surface area contributed by atoms with Gasteiger partial charge in [-0.25, -0.2) is 9.78 Å². The van der Waals surface area contributed by atoms with Gasteiger partial charge in [-0.1, -0.05) is 24.3 Å². The molecule has 4 N–H and O–H groups in total. The number of hydrogen-bond acceptors (Lipinski definition) is 7. The van der Waals surface area contributed by atoms with Crippen LogP contribution in [0.5, 0.6) is 0 Å². The number of benzene rings is 2. The van der Waals surface area contributed by atoms with Crippen molar-refractivity contribution in [3.05, 3.63) is 64.5 Å². The highest BCUT2D eigenvalue weighted by Crippen LogP contribution is 2.29. The Labute approximate surface area is 193 Å². The van der Waals surface area contributed by atoms with Gasteiger partial charge in [-0.2, -0.15) is 0 Å². The van der Waals surface area contributed by atoms with E-state index in [0.29, 0.717) is 17.8 Å². The van der Waals surface area contributed by atoms with Gasteiger partial charge in [0, 0.05) is 33.6 Å². The van der Waals surface area contributed by atoms with E-state index >= 15 is 0 Å². The summed E-state index contributed by atoms with van der Waals surface area (Å²) >= 11 is -0.956. The van der Waals surface area contributed by atoms with E-state index in [0.717, 1.165) is 21.8 Å². The van der Waals surface area contributed by atoms with Crippen molar-refractivity contribution >= 4 is 40.1 Å². The molecule has 2 aromatic carbocycles. The number of rotatable bonds is 7. The molecular formula is C22H25N4O4S2-. The first-order valence-corrected chi connectivity index (χ1v) is 11.8. The van der Waals surface area contributed by atoms with E-state index in [1.165, 1.54) is 11.3 Å². The van der Waals surface area contributed by atoms with Gasteiger partial charge < -0.3 is 25.1 Å². The lowest BCUT2D eigenvalue weighted by molar-refractivity contribution is 0.0503. The molecule has 0 aliphatic carbocycles. The minimum absolute atomic E-state index is 0.433. The van der Waals surface area contributed by atoms with E-state index in [1.54, 1.807) is 45.0 Å². The van der Waals surface area contributed by atoms with E-state index in [1.807, 2.05) is 29.6 Å². The van der Waals surface area contributed by atoms with Gasteiger partial charge in [0.15, 0.2) is 0 Å². The van der Waals surface area contributed by atoms with Crippen molar-refractivity contribution in [1.82, 2.24) is 10.3 Å². The maximum absolute atomic E-state index is 12.5. The number of carbonyl (C=O) groups is 1. The number of alkyl carbamates (subject to hydrolysis) is 1. The molecule has 1 aromatic heterocycles. The summed E-state index contributed by atoms with van der Waals surface area (Å²) in [6.07, 6.45) is -0.0904. The second-order valence-electron chi connectivity index (χ2n) is 8.13. The summed E-state index contributed by atoms with van der Waals surface area (Å²) in [5, 5.41) is 5.55. The molecule has 8 nitrogen and oxygen atoms in total. The molecule has 0 saturated heterocycles. The van der Waals surface area contributed by atoms with Crippen molar-refractivity contribution in [1.29, 1.82) is 0 Å². The Balaban J connectivity index is 1.84. The van der Waals surface area contributed by atoms with Crippen molar-refractivity contribution in [2.45, 2.75) is 38.8 Å². The molecule has 1 unspecified atom stereocenters. The van der Waals surface area contributed by atoms with Gasteiger partial charge in [-0.05, 0) is 57.0 Å². The predicted molar refractivity (Wildman–Crippen MR) is 127 cm³/mol. The summed E-state index contributed by atoms with van der Waals surface area (Å²) in [5.41, 5.74) is 8.92. The number of amides is 1. The zero-order valence-electron chi connectivity index (χ0n) is 18.0. The number of nitrogens with two attached hydrogens (primary N) is 1. The molecule has 1 heterocycles. The van der Waals surface area contributed by atoms with E-state index in [2.05, 4.69) is 10.0 Å². The number of aromatic nitrogens is 1. The first kappa shape index (κ1) is 23.7. The Morgan fingerprint density at radius 1 is 1.25 bits per heavy atom. The van der Waals surface area contributed by atoms with Crippen LogP contribution in [0.3, 0.4) is 0 Å². The van der Waals surface area contributed by atoms with Gasteiger partial charge in [0.1, 0.15) is 10.6 Å². The van der Waals surface area contributed by atoms with Crippen LogP contribution in [0.4, 0.5) is 16.2 Å². The molecule has 3 aromatic rings. The van der Waals surface area contributed by atoms with Crippen molar-refractivity contribution in [2.24, 2.45) is 0 Å². The Kier molecular flexibility index (Phi) is 7.49. The molecule has 3 rings (SSSR count). The zero-order valence-corrected chi connectivity index (χ0v) is 19.6.